The Bertz CT molecular complexity index is 1660. The quantitative estimate of drug-likeness (QED) is 0.301. The van der Waals surface area contributed by atoms with E-state index in [1.54, 1.807) is 17.1 Å². The highest BCUT2D eigenvalue weighted by atomic mass is 32.1. The van der Waals surface area contributed by atoms with Crippen molar-refractivity contribution >= 4 is 25.3 Å². The molecule has 13 heteroatoms. The summed E-state index contributed by atoms with van der Waals surface area (Å²) in [5.74, 6) is -3.77. The maximum atomic E-state index is 15.5. The minimum atomic E-state index is -3.66. The van der Waals surface area contributed by atoms with E-state index in [-0.39, 0.29) is 19.3 Å². The van der Waals surface area contributed by atoms with E-state index in [2.05, 4.69) is 25.6 Å². The third-order valence-corrected chi connectivity index (χ3v) is 6.72. The second kappa shape index (κ2) is 9.88. The van der Waals surface area contributed by atoms with Crippen molar-refractivity contribution in [2.45, 2.75) is 45.8 Å². The van der Waals surface area contributed by atoms with Gasteiger partial charge in [0, 0.05) is 37.1 Å². The van der Waals surface area contributed by atoms with Crippen molar-refractivity contribution in [3.63, 3.8) is 0 Å². The maximum absolute atomic E-state index is 15.5. The van der Waals surface area contributed by atoms with Gasteiger partial charge in [0.2, 0.25) is 11.8 Å². The molecule has 5 aromatic rings. The molecule has 1 N–H and O–H groups in total. The lowest BCUT2D eigenvalue weighted by atomic mass is 10.1. The number of nitrogens with zero attached hydrogens (tertiary/aromatic N) is 8. The fourth-order valence-corrected chi connectivity index (χ4v) is 4.88. The molecule has 0 saturated carbocycles. The summed E-state index contributed by atoms with van der Waals surface area (Å²) in [4.78, 5) is 9.12. The van der Waals surface area contributed by atoms with Crippen LogP contribution in [0.2, 0.25) is 0 Å². The summed E-state index contributed by atoms with van der Waals surface area (Å²) in [6.45, 7) is 6.81. The second-order valence-corrected chi connectivity index (χ2v) is 9.27. The number of hydrogen-bond acceptors (Lipinski definition) is 6. The van der Waals surface area contributed by atoms with Crippen LogP contribution >= 0.6 is 13.5 Å². The van der Waals surface area contributed by atoms with Crippen LogP contribution in [0.25, 0.3) is 22.8 Å². The van der Waals surface area contributed by atoms with E-state index in [0.717, 1.165) is 29.1 Å². The molecule has 6 rings (SSSR count). The molecule has 1 aliphatic rings. The average Bonchev–Trinajstić information content (AvgIpc) is 3.63. The number of hydrogen-bond donors (Lipinski definition) is 1. The Labute approximate surface area is 229 Å². The summed E-state index contributed by atoms with van der Waals surface area (Å²) in [7, 11) is 0. The van der Waals surface area contributed by atoms with Gasteiger partial charge >= 0.3 is 5.92 Å². The van der Waals surface area contributed by atoms with Gasteiger partial charge in [0.05, 0.1) is 29.2 Å². The van der Waals surface area contributed by atoms with Gasteiger partial charge in [0.25, 0.3) is 0 Å². The Morgan fingerprint density at radius 2 is 1.95 bits per heavy atom. The fourth-order valence-electron chi connectivity index (χ4n) is 4.88. The number of alkyl halides is 2. The number of anilines is 2. The van der Waals surface area contributed by atoms with Crippen LogP contribution in [0.5, 0.6) is 0 Å². The van der Waals surface area contributed by atoms with Crippen LogP contribution < -0.4 is 5.32 Å². The van der Waals surface area contributed by atoms with Gasteiger partial charge in [-0.05, 0) is 44.5 Å². The molecule has 202 valence electrons. The van der Waals surface area contributed by atoms with Gasteiger partial charge < -0.3 is 9.88 Å². The zero-order valence-electron chi connectivity index (χ0n) is 21.4. The van der Waals surface area contributed by atoms with Crippen molar-refractivity contribution in [3.05, 3.63) is 77.8 Å². The molecule has 1 atom stereocenters. The monoisotopic (exact) mass is 553 g/mol. The molecule has 9 nitrogen and oxygen atoms in total. The second-order valence-electron chi connectivity index (χ2n) is 9.27. The lowest BCUT2D eigenvalue weighted by Gasteiger charge is -2.27. The van der Waals surface area contributed by atoms with Crippen LogP contribution in [0, 0.1) is 12.7 Å². The third-order valence-electron chi connectivity index (χ3n) is 6.72. The minimum absolute atomic E-state index is 0. The summed E-state index contributed by atoms with van der Waals surface area (Å²) < 4.78 is 50.4. The molecule has 4 aromatic heterocycles. The topological polar surface area (TPSA) is 91.3 Å². The number of nitrogens with one attached hydrogen (secondary N) is 1. The molecule has 39 heavy (non-hydrogen) atoms. The van der Waals surface area contributed by atoms with E-state index in [4.69, 9.17) is 4.98 Å². The zero-order valence-corrected chi connectivity index (χ0v) is 22.4. The molecule has 0 radical (unpaired) electrons. The normalized spacial score (nSPS) is 14.5. The number of aromatic nitrogens is 8. The van der Waals surface area contributed by atoms with Gasteiger partial charge in [-0.3, -0.25) is 4.57 Å². The van der Waals surface area contributed by atoms with Gasteiger partial charge in [-0.1, -0.05) is 12.1 Å². The first-order valence-electron chi connectivity index (χ1n) is 12.2. The van der Waals surface area contributed by atoms with Gasteiger partial charge in [-0.15, -0.1) is 10.2 Å². The average molecular weight is 554 g/mol. The first-order valence-corrected chi connectivity index (χ1v) is 12.2. The minimum Gasteiger partial charge on any atom is -0.342 e. The first-order chi connectivity index (χ1) is 18.3. The highest BCUT2D eigenvalue weighted by Crippen LogP contribution is 2.41. The Kier molecular flexibility index (Phi) is 6.70. The molecule has 5 heterocycles. The smallest absolute Gasteiger partial charge is 0.334 e. The van der Waals surface area contributed by atoms with Crippen LogP contribution in [-0.4, -0.2) is 39.1 Å². The van der Waals surface area contributed by atoms with Crippen molar-refractivity contribution < 1.29 is 13.2 Å². The Balaban J connectivity index is 0.00000308. The number of fused-ring (bicyclic) bond motifs is 3. The van der Waals surface area contributed by atoms with E-state index < -0.39 is 29.2 Å². The lowest BCUT2D eigenvalue weighted by molar-refractivity contribution is 0.0231. The van der Waals surface area contributed by atoms with Crippen molar-refractivity contribution in [2.75, 3.05) is 5.32 Å². The largest absolute Gasteiger partial charge is 0.342 e. The van der Waals surface area contributed by atoms with Crippen molar-refractivity contribution in [1.29, 1.82) is 0 Å². The van der Waals surface area contributed by atoms with Crippen molar-refractivity contribution in [3.8, 4) is 22.8 Å². The molecular formula is C26H26F3N9S. The SMILES string of the molecule is CCn1nccc1Nc1ncc(C)c(-c2cc3n(c2)C[C@H](C)n2c-3nnc2C(F)(F)c2ccccc2F)n1.S. The Morgan fingerprint density at radius 1 is 1.15 bits per heavy atom. The number of rotatable bonds is 6. The molecule has 0 saturated heterocycles. The van der Waals surface area contributed by atoms with E-state index in [1.807, 2.05) is 43.7 Å². The van der Waals surface area contributed by atoms with Crippen LogP contribution in [0.1, 0.15) is 36.8 Å². The van der Waals surface area contributed by atoms with E-state index in [9.17, 15) is 4.39 Å². The predicted molar refractivity (Wildman–Crippen MR) is 145 cm³/mol. The summed E-state index contributed by atoms with van der Waals surface area (Å²) in [5, 5.41) is 15.4. The number of aryl methyl sites for hydroxylation is 2. The first kappa shape index (κ1) is 26.5. The third kappa shape index (κ3) is 4.36. The summed E-state index contributed by atoms with van der Waals surface area (Å²) in [5.41, 5.74) is 2.23. The molecule has 0 unspecified atom stereocenters. The summed E-state index contributed by atoms with van der Waals surface area (Å²) in [6.07, 6.45) is 5.35. The Hall–Kier alpha value is -4.13. The lowest BCUT2D eigenvalue weighted by Crippen LogP contribution is -2.28. The summed E-state index contributed by atoms with van der Waals surface area (Å²) in [6, 6.07) is 8.14. The zero-order chi connectivity index (χ0) is 26.6. The molecule has 1 aromatic carbocycles. The molecule has 0 aliphatic carbocycles. The summed E-state index contributed by atoms with van der Waals surface area (Å²) >= 11 is 0. The highest BCUT2D eigenvalue weighted by molar-refractivity contribution is 7.59. The van der Waals surface area contributed by atoms with Gasteiger partial charge in [-0.25, -0.2) is 19.0 Å². The molecule has 0 fully saturated rings. The number of halogens is 3. The molecule has 0 bridgehead atoms. The van der Waals surface area contributed by atoms with E-state index >= 15 is 8.78 Å². The Morgan fingerprint density at radius 3 is 2.72 bits per heavy atom. The van der Waals surface area contributed by atoms with Crippen LogP contribution in [0.4, 0.5) is 24.9 Å². The standard InChI is InChI=1S/C26H24F3N9.H2S/c1-4-37-21(9-10-31-37)32-25-30-12-15(2)22(33-25)17-11-20-23-34-35-24(38(23)16(3)13-36(20)14-17)26(28,29)18-7-5-6-8-19(18)27;/h5-12,14,16H,4,13H2,1-3H3,(H,30,32,33);1H2/t16-;/m0./s1. The number of benzene rings is 1. The van der Waals surface area contributed by atoms with Gasteiger partial charge in [0.1, 0.15) is 11.6 Å². The van der Waals surface area contributed by atoms with E-state index in [1.165, 1.54) is 16.7 Å². The molecule has 0 amide bonds. The predicted octanol–water partition coefficient (Wildman–Crippen LogP) is 5.44. The van der Waals surface area contributed by atoms with E-state index in [0.29, 0.717) is 30.4 Å². The van der Waals surface area contributed by atoms with Crippen molar-refractivity contribution in [1.82, 2.24) is 39.1 Å². The molecule has 1 aliphatic heterocycles. The van der Waals surface area contributed by atoms with Crippen LogP contribution in [0.15, 0.2) is 55.0 Å². The van der Waals surface area contributed by atoms with Gasteiger partial charge in [-0.2, -0.15) is 27.4 Å². The molecular weight excluding hydrogens is 527 g/mol. The maximum Gasteiger partial charge on any atom is 0.334 e. The van der Waals surface area contributed by atoms with Crippen LogP contribution in [0.3, 0.4) is 0 Å². The van der Waals surface area contributed by atoms with Crippen LogP contribution in [-0.2, 0) is 19.0 Å². The molecule has 0 spiro atoms. The highest BCUT2D eigenvalue weighted by Gasteiger charge is 2.44. The van der Waals surface area contributed by atoms with Gasteiger partial charge in [0.15, 0.2) is 5.82 Å². The van der Waals surface area contributed by atoms with Crippen molar-refractivity contribution in [2.24, 2.45) is 0 Å². The fraction of sp³-hybridized carbons (Fsp3) is 0.269.